The Morgan fingerprint density at radius 1 is 1.44 bits per heavy atom. The maximum absolute atomic E-state index is 12.1. The number of carbonyl (C=O) groups excluding carboxylic acids is 1. The van der Waals surface area contributed by atoms with E-state index in [1.807, 2.05) is 0 Å². The Hall–Kier alpha value is -0.770. The van der Waals surface area contributed by atoms with Crippen molar-refractivity contribution in [3.05, 3.63) is 33.8 Å². The highest BCUT2D eigenvalue weighted by Crippen LogP contribution is 2.35. The first-order valence-corrected chi connectivity index (χ1v) is 6.54. The van der Waals surface area contributed by atoms with Crippen molar-refractivity contribution in [1.82, 2.24) is 0 Å². The van der Waals surface area contributed by atoms with E-state index in [-0.39, 0.29) is 5.97 Å². The van der Waals surface area contributed by atoms with E-state index in [1.54, 1.807) is 32.0 Å². The number of rotatable bonds is 5. The van der Waals surface area contributed by atoms with Crippen LogP contribution in [0.25, 0.3) is 0 Å². The Kier molecular flexibility index (Phi) is 5.45. The molecule has 3 nitrogen and oxygen atoms in total. The largest absolute Gasteiger partial charge is 0.465 e. The highest BCUT2D eigenvalue weighted by molar-refractivity contribution is 6.34. The van der Waals surface area contributed by atoms with Gasteiger partial charge in [0.05, 0.1) is 12.0 Å². The van der Waals surface area contributed by atoms with E-state index in [0.717, 1.165) is 0 Å². The van der Waals surface area contributed by atoms with Crippen LogP contribution in [0.5, 0.6) is 0 Å². The molecule has 0 aliphatic carbocycles. The Morgan fingerprint density at radius 3 is 2.67 bits per heavy atom. The van der Waals surface area contributed by atoms with Gasteiger partial charge in [-0.25, -0.2) is 0 Å². The number of benzene rings is 1. The van der Waals surface area contributed by atoms with Crippen LogP contribution in [0.1, 0.15) is 25.8 Å². The molecule has 0 bridgehead atoms. The lowest BCUT2D eigenvalue weighted by molar-refractivity contribution is -0.149. The van der Waals surface area contributed by atoms with Gasteiger partial charge in [-0.3, -0.25) is 4.79 Å². The van der Waals surface area contributed by atoms with Crippen LogP contribution in [0.15, 0.2) is 18.2 Å². The number of halogens is 2. The lowest BCUT2D eigenvalue weighted by Gasteiger charge is -2.28. The summed E-state index contributed by atoms with van der Waals surface area (Å²) >= 11 is 12.1. The van der Waals surface area contributed by atoms with E-state index in [1.165, 1.54) is 0 Å². The number of carbonyl (C=O) groups is 1. The van der Waals surface area contributed by atoms with Crippen LogP contribution >= 0.6 is 23.2 Å². The van der Waals surface area contributed by atoms with Crippen LogP contribution in [-0.4, -0.2) is 19.1 Å². The summed E-state index contributed by atoms with van der Waals surface area (Å²) in [7, 11) is 0. The summed E-state index contributed by atoms with van der Waals surface area (Å²) in [4.78, 5) is 12.1. The molecule has 1 unspecified atom stereocenters. The van der Waals surface area contributed by atoms with Gasteiger partial charge in [-0.1, -0.05) is 23.2 Å². The number of hydrogen-bond donors (Lipinski definition) is 1. The highest BCUT2D eigenvalue weighted by Gasteiger charge is 2.37. The van der Waals surface area contributed by atoms with E-state index in [0.29, 0.717) is 35.2 Å². The van der Waals surface area contributed by atoms with Crippen molar-refractivity contribution in [2.45, 2.75) is 25.7 Å². The molecule has 1 rings (SSSR count). The van der Waals surface area contributed by atoms with Crippen LogP contribution in [0.3, 0.4) is 0 Å². The van der Waals surface area contributed by atoms with Crippen molar-refractivity contribution in [3.8, 4) is 0 Å². The van der Waals surface area contributed by atoms with Crippen LogP contribution in [0, 0.1) is 0 Å². The zero-order valence-corrected chi connectivity index (χ0v) is 12.0. The smallest absolute Gasteiger partial charge is 0.316 e. The Bertz CT molecular complexity index is 437. The molecule has 18 heavy (non-hydrogen) atoms. The van der Waals surface area contributed by atoms with Gasteiger partial charge in [0.1, 0.15) is 0 Å². The third-order valence-electron chi connectivity index (χ3n) is 2.89. The molecule has 1 atom stereocenters. The van der Waals surface area contributed by atoms with E-state index in [2.05, 4.69) is 0 Å². The lowest BCUT2D eigenvalue weighted by atomic mass is 9.79. The second-order valence-corrected chi connectivity index (χ2v) is 5.06. The third-order valence-corrected chi connectivity index (χ3v) is 3.46. The standard InChI is InChI=1S/C13H17Cl2NO2/c1-3-18-12(17)13(2,6-7-16)10-8-9(14)4-5-11(10)15/h4-5,8H,3,6-7,16H2,1-2H3. The summed E-state index contributed by atoms with van der Waals surface area (Å²) in [5, 5.41) is 1.02. The molecule has 100 valence electrons. The predicted octanol–water partition coefficient (Wildman–Crippen LogP) is 3.16. The molecule has 0 heterocycles. The number of esters is 1. The van der Waals surface area contributed by atoms with Crippen LogP contribution in [-0.2, 0) is 14.9 Å². The first-order chi connectivity index (χ1) is 8.45. The Balaban J connectivity index is 3.25. The molecule has 0 saturated heterocycles. The highest BCUT2D eigenvalue weighted by atomic mass is 35.5. The zero-order valence-electron chi connectivity index (χ0n) is 10.5. The second-order valence-electron chi connectivity index (χ2n) is 4.22. The summed E-state index contributed by atoms with van der Waals surface area (Å²) in [6, 6.07) is 5.05. The average molecular weight is 290 g/mol. The van der Waals surface area contributed by atoms with Gasteiger partial charge in [0.15, 0.2) is 0 Å². The van der Waals surface area contributed by atoms with Crippen molar-refractivity contribution in [1.29, 1.82) is 0 Å². The number of ether oxygens (including phenoxy) is 1. The molecule has 1 aromatic rings. The lowest BCUT2D eigenvalue weighted by Crippen LogP contribution is -2.37. The predicted molar refractivity (Wildman–Crippen MR) is 74.1 cm³/mol. The van der Waals surface area contributed by atoms with Gasteiger partial charge in [0.25, 0.3) is 0 Å². The van der Waals surface area contributed by atoms with Gasteiger partial charge >= 0.3 is 5.97 Å². The normalized spacial score (nSPS) is 14.1. The van der Waals surface area contributed by atoms with Crippen molar-refractivity contribution >= 4 is 29.2 Å². The van der Waals surface area contributed by atoms with Crippen LogP contribution in [0.2, 0.25) is 10.0 Å². The van der Waals surface area contributed by atoms with Crippen LogP contribution < -0.4 is 5.73 Å². The maximum atomic E-state index is 12.1. The summed E-state index contributed by atoms with van der Waals surface area (Å²) < 4.78 is 5.11. The van der Waals surface area contributed by atoms with Gasteiger partial charge in [-0.2, -0.15) is 0 Å². The molecule has 0 amide bonds. The van der Waals surface area contributed by atoms with Crippen molar-refractivity contribution in [2.24, 2.45) is 5.73 Å². The third kappa shape index (κ3) is 3.16. The van der Waals surface area contributed by atoms with E-state index in [9.17, 15) is 4.79 Å². The minimum atomic E-state index is -0.868. The SMILES string of the molecule is CCOC(=O)C(C)(CCN)c1cc(Cl)ccc1Cl. The monoisotopic (exact) mass is 289 g/mol. The van der Waals surface area contributed by atoms with Gasteiger partial charge in [0.2, 0.25) is 0 Å². The molecule has 0 fully saturated rings. The topological polar surface area (TPSA) is 52.3 Å². The summed E-state index contributed by atoms with van der Waals surface area (Å²) in [5.74, 6) is -0.334. The van der Waals surface area contributed by atoms with E-state index in [4.69, 9.17) is 33.7 Å². The first kappa shape index (κ1) is 15.3. The molecule has 1 aromatic carbocycles. The van der Waals surface area contributed by atoms with Crippen molar-refractivity contribution < 1.29 is 9.53 Å². The second kappa shape index (κ2) is 6.41. The molecule has 0 radical (unpaired) electrons. The van der Waals surface area contributed by atoms with E-state index < -0.39 is 5.41 Å². The maximum Gasteiger partial charge on any atom is 0.316 e. The quantitative estimate of drug-likeness (QED) is 0.847. The van der Waals surface area contributed by atoms with Crippen molar-refractivity contribution in [3.63, 3.8) is 0 Å². The first-order valence-electron chi connectivity index (χ1n) is 5.78. The molecule has 0 aliphatic rings. The fourth-order valence-corrected chi connectivity index (χ4v) is 2.34. The molecule has 0 spiro atoms. The fraction of sp³-hybridized carbons (Fsp3) is 0.462. The van der Waals surface area contributed by atoms with Gasteiger partial charge in [-0.05, 0) is 50.6 Å². The molecule has 0 saturated carbocycles. The summed E-state index contributed by atoms with van der Waals surface area (Å²) in [6.45, 7) is 4.21. The molecule has 0 aromatic heterocycles. The molecular formula is C13H17Cl2NO2. The Morgan fingerprint density at radius 2 is 2.11 bits per heavy atom. The number of nitrogens with two attached hydrogens (primary N) is 1. The van der Waals surface area contributed by atoms with E-state index >= 15 is 0 Å². The Labute approximate surface area is 117 Å². The van der Waals surface area contributed by atoms with Gasteiger partial charge in [-0.15, -0.1) is 0 Å². The molecule has 5 heteroatoms. The summed E-state index contributed by atoms with van der Waals surface area (Å²) in [5.41, 5.74) is 5.38. The molecule has 2 N–H and O–H groups in total. The minimum Gasteiger partial charge on any atom is -0.465 e. The van der Waals surface area contributed by atoms with Crippen LogP contribution in [0.4, 0.5) is 0 Å². The zero-order chi connectivity index (χ0) is 13.8. The molecular weight excluding hydrogens is 273 g/mol. The minimum absolute atomic E-state index is 0.317. The van der Waals surface area contributed by atoms with Crippen molar-refractivity contribution in [2.75, 3.05) is 13.2 Å². The van der Waals surface area contributed by atoms with Gasteiger partial charge in [0, 0.05) is 10.0 Å². The fourth-order valence-electron chi connectivity index (χ4n) is 1.85. The number of hydrogen-bond acceptors (Lipinski definition) is 3. The molecule has 0 aliphatic heterocycles. The summed E-state index contributed by atoms with van der Waals surface area (Å²) in [6.07, 6.45) is 0.450. The average Bonchev–Trinajstić information content (AvgIpc) is 2.32. The van der Waals surface area contributed by atoms with Gasteiger partial charge < -0.3 is 10.5 Å².